The molecular formula is C7H6ClN3. The highest BCUT2D eigenvalue weighted by Crippen LogP contribution is 2.14. The molecule has 2 aromatic rings. The lowest BCUT2D eigenvalue weighted by atomic mass is 10.3. The average molecular weight is 168 g/mol. The molecule has 0 saturated heterocycles. The Labute approximate surface area is 68.4 Å². The Morgan fingerprint density at radius 3 is 3.18 bits per heavy atom. The van der Waals surface area contributed by atoms with Gasteiger partial charge in [0.1, 0.15) is 5.65 Å². The molecule has 0 aliphatic rings. The maximum absolute atomic E-state index is 5.59. The van der Waals surface area contributed by atoms with Crippen LogP contribution in [0.1, 0.15) is 5.56 Å². The number of aromatic nitrogens is 3. The summed E-state index contributed by atoms with van der Waals surface area (Å²) in [6.45, 7) is 2.00. The second-order valence-corrected chi connectivity index (χ2v) is 2.71. The topological polar surface area (TPSA) is 41.6 Å². The minimum atomic E-state index is 0.277. The molecule has 0 amide bonds. The molecule has 2 heterocycles. The third-order valence-electron chi connectivity index (χ3n) is 1.61. The molecule has 3 nitrogen and oxygen atoms in total. The first-order valence-corrected chi connectivity index (χ1v) is 3.61. The van der Waals surface area contributed by atoms with Crippen LogP contribution >= 0.6 is 11.6 Å². The zero-order chi connectivity index (χ0) is 7.84. The van der Waals surface area contributed by atoms with Gasteiger partial charge in [0, 0.05) is 17.8 Å². The molecule has 0 aromatic carbocycles. The number of aromatic amines is 1. The summed E-state index contributed by atoms with van der Waals surface area (Å²) >= 11 is 5.59. The van der Waals surface area contributed by atoms with E-state index >= 15 is 0 Å². The van der Waals surface area contributed by atoms with E-state index in [9.17, 15) is 0 Å². The number of nitrogens with one attached hydrogen (secondary N) is 1. The molecule has 4 heteroatoms. The zero-order valence-corrected chi connectivity index (χ0v) is 6.68. The van der Waals surface area contributed by atoms with Gasteiger partial charge < -0.3 is 4.98 Å². The van der Waals surface area contributed by atoms with Crippen molar-refractivity contribution in [2.45, 2.75) is 6.92 Å². The van der Waals surface area contributed by atoms with Crippen LogP contribution in [0.2, 0.25) is 5.28 Å². The maximum Gasteiger partial charge on any atom is 0.224 e. The van der Waals surface area contributed by atoms with Gasteiger partial charge in [0.2, 0.25) is 5.28 Å². The van der Waals surface area contributed by atoms with Crippen molar-refractivity contribution in [1.82, 2.24) is 15.0 Å². The van der Waals surface area contributed by atoms with Gasteiger partial charge in [0.15, 0.2) is 0 Å². The zero-order valence-electron chi connectivity index (χ0n) is 5.93. The van der Waals surface area contributed by atoms with Gasteiger partial charge >= 0.3 is 0 Å². The lowest BCUT2D eigenvalue weighted by Crippen LogP contribution is -1.81. The van der Waals surface area contributed by atoms with E-state index in [4.69, 9.17) is 11.6 Å². The van der Waals surface area contributed by atoms with Crippen LogP contribution < -0.4 is 0 Å². The van der Waals surface area contributed by atoms with Gasteiger partial charge in [0.05, 0.1) is 0 Å². The van der Waals surface area contributed by atoms with Crippen LogP contribution in [0, 0.1) is 6.92 Å². The quantitative estimate of drug-likeness (QED) is 0.609. The molecule has 0 radical (unpaired) electrons. The van der Waals surface area contributed by atoms with Crippen molar-refractivity contribution in [1.29, 1.82) is 0 Å². The predicted octanol–water partition coefficient (Wildman–Crippen LogP) is 1.92. The van der Waals surface area contributed by atoms with Gasteiger partial charge in [-0.2, -0.15) is 4.98 Å². The summed E-state index contributed by atoms with van der Waals surface area (Å²) in [5.41, 5.74) is 1.93. The Morgan fingerprint density at radius 1 is 1.55 bits per heavy atom. The second kappa shape index (κ2) is 2.20. The van der Waals surface area contributed by atoms with Crippen LogP contribution in [0.25, 0.3) is 11.0 Å². The molecule has 11 heavy (non-hydrogen) atoms. The van der Waals surface area contributed by atoms with Gasteiger partial charge in [-0.1, -0.05) is 0 Å². The van der Waals surface area contributed by atoms with Crippen molar-refractivity contribution in [2.24, 2.45) is 0 Å². The van der Waals surface area contributed by atoms with Crippen molar-refractivity contribution in [2.75, 3.05) is 0 Å². The summed E-state index contributed by atoms with van der Waals surface area (Å²) in [6, 6.07) is 0. The molecule has 0 spiro atoms. The average Bonchev–Trinajstić information content (AvgIpc) is 2.32. The molecular weight excluding hydrogens is 162 g/mol. The van der Waals surface area contributed by atoms with Crippen LogP contribution in [0.3, 0.4) is 0 Å². The summed E-state index contributed by atoms with van der Waals surface area (Å²) in [7, 11) is 0. The monoisotopic (exact) mass is 167 g/mol. The fourth-order valence-corrected chi connectivity index (χ4v) is 1.15. The normalized spacial score (nSPS) is 10.7. The minimum Gasteiger partial charge on any atom is -0.346 e. The van der Waals surface area contributed by atoms with Gasteiger partial charge in [-0.25, -0.2) is 4.98 Å². The summed E-state index contributed by atoms with van der Waals surface area (Å²) < 4.78 is 0. The second-order valence-electron chi connectivity index (χ2n) is 2.37. The van der Waals surface area contributed by atoms with E-state index in [0.717, 1.165) is 16.6 Å². The predicted molar refractivity (Wildman–Crippen MR) is 43.6 cm³/mol. The molecule has 0 aliphatic heterocycles. The Morgan fingerprint density at radius 2 is 2.36 bits per heavy atom. The number of fused-ring (bicyclic) bond motifs is 1. The number of H-pyrrole nitrogens is 1. The van der Waals surface area contributed by atoms with E-state index in [1.165, 1.54) is 0 Å². The lowest BCUT2D eigenvalue weighted by molar-refractivity contribution is 1.20. The molecule has 56 valence electrons. The van der Waals surface area contributed by atoms with Gasteiger partial charge in [0.25, 0.3) is 0 Å². The van der Waals surface area contributed by atoms with E-state index in [-0.39, 0.29) is 5.28 Å². The Bertz CT molecular complexity index is 393. The number of rotatable bonds is 0. The highest BCUT2D eigenvalue weighted by atomic mass is 35.5. The number of hydrogen-bond acceptors (Lipinski definition) is 2. The SMILES string of the molecule is Cc1c[nH]c2nc(Cl)ncc12. The van der Waals surface area contributed by atoms with Crippen LogP contribution in [0.15, 0.2) is 12.4 Å². The molecule has 0 bridgehead atoms. The fraction of sp³-hybridized carbons (Fsp3) is 0.143. The Kier molecular flexibility index (Phi) is 1.32. The maximum atomic E-state index is 5.59. The molecule has 2 rings (SSSR count). The van der Waals surface area contributed by atoms with Gasteiger partial charge in [-0.05, 0) is 24.1 Å². The largest absolute Gasteiger partial charge is 0.346 e. The van der Waals surface area contributed by atoms with Crippen molar-refractivity contribution in [3.8, 4) is 0 Å². The van der Waals surface area contributed by atoms with Gasteiger partial charge in [-0.3, -0.25) is 0 Å². The van der Waals surface area contributed by atoms with Crippen LogP contribution in [0.5, 0.6) is 0 Å². The fourth-order valence-electron chi connectivity index (χ4n) is 1.01. The first-order valence-electron chi connectivity index (χ1n) is 3.23. The highest BCUT2D eigenvalue weighted by molar-refractivity contribution is 6.28. The third-order valence-corrected chi connectivity index (χ3v) is 1.79. The molecule has 1 N–H and O–H groups in total. The van der Waals surface area contributed by atoms with Gasteiger partial charge in [-0.15, -0.1) is 0 Å². The minimum absolute atomic E-state index is 0.277. The van der Waals surface area contributed by atoms with E-state index in [2.05, 4.69) is 15.0 Å². The van der Waals surface area contributed by atoms with E-state index in [1.54, 1.807) is 6.20 Å². The van der Waals surface area contributed by atoms with Crippen molar-refractivity contribution < 1.29 is 0 Å². The standard InChI is InChI=1S/C7H6ClN3/c1-4-2-9-6-5(4)3-10-7(8)11-6/h2-3H,1H3,(H,9,10,11). The third kappa shape index (κ3) is 0.973. The summed E-state index contributed by atoms with van der Waals surface area (Å²) in [5.74, 6) is 0. The molecule has 0 fully saturated rings. The first-order chi connectivity index (χ1) is 5.27. The van der Waals surface area contributed by atoms with Crippen molar-refractivity contribution >= 4 is 22.6 Å². The number of hydrogen-bond donors (Lipinski definition) is 1. The number of aryl methyl sites for hydroxylation is 1. The van der Waals surface area contributed by atoms with E-state index in [0.29, 0.717) is 0 Å². The van der Waals surface area contributed by atoms with Crippen LogP contribution in [0.4, 0.5) is 0 Å². The first kappa shape index (κ1) is 6.61. The summed E-state index contributed by atoms with van der Waals surface area (Å²) in [4.78, 5) is 10.9. The molecule has 0 unspecified atom stereocenters. The summed E-state index contributed by atoms with van der Waals surface area (Å²) in [5, 5.41) is 1.30. The van der Waals surface area contributed by atoms with Crippen LogP contribution in [-0.2, 0) is 0 Å². The van der Waals surface area contributed by atoms with Crippen LogP contribution in [-0.4, -0.2) is 15.0 Å². The highest BCUT2D eigenvalue weighted by Gasteiger charge is 2.00. The number of halogens is 1. The molecule has 0 atom stereocenters. The molecule has 0 aliphatic carbocycles. The van der Waals surface area contributed by atoms with Crippen molar-refractivity contribution in [3.63, 3.8) is 0 Å². The molecule has 0 saturated carbocycles. The Balaban J connectivity index is 2.86. The summed E-state index contributed by atoms with van der Waals surface area (Å²) in [6.07, 6.45) is 3.60. The molecule has 2 aromatic heterocycles. The van der Waals surface area contributed by atoms with E-state index in [1.807, 2.05) is 13.1 Å². The number of nitrogens with zero attached hydrogens (tertiary/aromatic N) is 2. The van der Waals surface area contributed by atoms with E-state index < -0.39 is 0 Å². The Hall–Kier alpha value is -1.09. The van der Waals surface area contributed by atoms with Crippen molar-refractivity contribution in [3.05, 3.63) is 23.2 Å². The lowest BCUT2D eigenvalue weighted by Gasteiger charge is -1.89. The smallest absolute Gasteiger partial charge is 0.224 e.